The lowest BCUT2D eigenvalue weighted by Gasteiger charge is -2.17. The topological polar surface area (TPSA) is 55.1 Å². The van der Waals surface area contributed by atoms with Crippen molar-refractivity contribution in [1.29, 1.82) is 0 Å². The number of nitrogens with one attached hydrogen (secondary N) is 1. The number of amides is 1. The molecular weight excluding hydrogens is 164 g/mol. The SMILES string of the molecule is C#CC(CC)NC(=O)[C@@H](N)C(C)C. The van der Waals surface area contributed by atoms with Gasteiger partial charge in [0.15, 0.2) is 0 Å². The van der Waals surface area contributed by atoms with Gasteiger partial charge in [0.2, 0.25) is 5.91 Å². The molecule has 0 spiro atoms. The predicted molar refractivity (Wildman–Crippen MR) is 53.9 cm³/mol. The Morgan fingerprint density at radius 1 is 1.62 bits per heavy atom. The van der Waals surface area contributed by atoms with Gasteiger partial charge in [0, 0.05) is 0 Å². The fourth-order valence-electron chi connectivity index (χ4n) is 0.832. The summed E-state index contributed by atoms with van der Waals surface area (Å²) in [5.41, 5.74) is 5.64. The van der Waals surface area contributed by atoms with Crippen molar-refractivity contribution in [3.05, 3.63) is 0 Å². The number of hydrogen-bond donors (Lipinski definition) is 2. The minimum Gasteiger partial charge on any atom is -0.341 e. The van der Waals surface area contributed by atoms with Gasteiger partial charge < -0.3 is 11.1 Å². The van der Waals surface area contributed by atoms with Crippen molar-refractivity contribution in [2.75, 3.05) is 0 Å². The highest BCUT2D eigenvalue weighted by Gasteiger charge is 2.18. The molecule has 3 N–H and O–H groups in total. The Hall–Kier alpha value is -1.01. The van der Waals surface area contributed by atoms with Crippen LogP contribution in [0, 0.1) is 18.3 Å². The molecule has 0 aromatic heterocycles. The molecule has 1 amide bonds. The molecule has 0 saturated heterocycles. The number of carbonyl (C=O) groups excluding carboxylic acids is 1. The first-order valence-corrected chi connectivity index (χ1v) is 4.55. The molecule has 0 aliphatic heterocycles. The van der Waals surface area contributed by atoms with E-state index in [0.717, 1.165) is 6.42 Å². The molecule has 0 aliphatic carbocycles. The van der Waals surface area contributed by atoms with Crippen LogP contribution in [0.3, 0.4) is 0 Å². The van der Waals surface area contributed by atoms with Gasteiger partial charge in [-0.2, -0.15) is 0 Å². The average molecular weight is 182 g/mol. The average Bonchev–Trinajstić information content (AvgIpc) is 2.12. The van der Waals surface area contributed by atoms with E-state index < -0.39 is 6.04 Å². The highest BCUT2D eigenvalue weighted by atomic mass is 16.2. The smallest absolute Gasteiger partial charge is 0.238 e. The molecule has 0 aromatic rings. The first kappa shape index (κ1) is 12.0. The van der Waals surface area contributed by atoms with Crippen molar-refractivity contribution in [3.8, 4) is 12.3 Å². The molecule has 1 unspecified atom stereocenters. The third-order valence-electron chi connectivity index (χ3n) is 1.95. The largest absolute Gasteiger partial charge is 0.341 e. The van der Waals surface area contributed by atoms with Crippen LogP contribution in [0.1, 0.15) is 27.2 Å². The van der Waals surface area contributed by atoms with Crippen molar-refractivity contribution in [3.63, 3.8) is 0 Å². The molecule has 74 valence electrons. The van der Waals surface area contributed by atoms with E-state index in [1.54, 1.807) is 0 Å². The van der Waals surface area contributed by atoms with Crippen LogP contribution in [0.15, 0.2) is 0 Å². The third-order valence-corrected chi connectivity index (χ3v) is 1.95. The molecule has 0 bridgehead atoms. The van der Waals surface area contributed by atoms with Crippen LogP contribution in [0.5, 0.6) is 0 Å². The molecule has 0 fully saturated rings. The molecule has 13 heavy (non-hydrogen) atoms. The lowest BCUT2D eigenvalue weighted by molar-refractivity contribution is -0.123. The van der Waals surface area contributed by atoms with E-state index in [1.807, 2.05) is 20.8 Å². The summed E-state index contributed by atoms with van der Waals surface area (Å²) in [5.74, 6) is 2.46. The zero-order chi connectivity index (χ0) is 10.4. The summed E-state index contributed by atoms with van der Waals surface area (Å²) in [6, 6.07) is -0.667. The minimum atomic E-state index is -0.470. The zero-order valence-electron chi connectivity index (χ0n) is 8.50. The minimum absolute atomic E-state index is 0.135. The lowest BCUT2D eigenvalue weighted by Crippen LogP contribution is -2.47. The summed E-state index contributed by atoms with van der Waals surface area (Å²) in [5, 5.41) is 2.70. The van der Waals surface area contributed by atoms with Crippen molar-refractivity contribution in [1.82, 2.24) is 5.32 Å². The second-order valence-corrected chi connectivity index (χ2v) is 3.41. The number of carbonyl (C=O) groups is 1. The number of terminal acetylenes is 1. The summed E-state index contributed by atoms with van der Waals surface area (Å²) in [4.78, 5) is 11.4. The van der Waals surface area contributed by atoms with E-state index in [1.165, 1.54) is 0 Å². The van der Waals surface area contributed by atoms with Gasteiger partial charge in [-0.25, -0.2) is 0 Å². The van der Waals surface area contributed by atoms with Crippen molar-refractivity contribution in [2.24, 2.45) is 11.7 Å². The van der Waals surface area contributed by atoms with Crippen LogP contribution in [-0.4, -0.2) is 18.0 Å². The highest BCUT2D eigenvalue weighted by Crippen LogP contribution is 1.99. The summed E-state index contributed by atoms with van der Waals surface area (Å²) in [6.45, 7) is 5.73. The fraction of sp³-hybridized carbons (Fsp3) is 0.700. The molecular formula is C10H18N2O. The Morgan fingerprint density at radius 3 is 2.46 bits per heavy atom. The van der Waals surface area contributed by atoms with Gasteiger partial charge in [-0.3, -0.25) is 4.79 Å². The van der Waals surface area contributed by atoms with Crippen LogP contribution >= 0.6 is 0 Å². The van der Waals surface area contributed by atoms with Crippen LogP contribution in [0.2, 0.25) is 0 Å². The maximum Gasteiger partial charge on any atom is 0.238 e. The van der Waals surface area contributed by atoms with E-state index in [2.05, 4.69) is 11.2 Å². The number of rotatable bonds is 4. The Bertz CT molecular complexity index is 205. The normalized spacial score (nSPS) is 14.8. The first-order chi connectivity index (χ1) is 6.02. The monoisotopic (exact) mass is 182 g/mol. The molecule has 0 saturated carbocycles. The van der Waals surface area contributed by atoms with Crippen LogP contribution in [0.25, 0.3) is 0 Å². The van der Waals surface area contributed by atoms with Gasteiger partial charge in [0.25, 0.3) is 0 Å². The van der Waals surface area contributed by atoms with E-state index in [-0.39, 0.29) is 17.9 Å². The second-order valence-electron chi connectivity index (χ2n) is 3.41. The van der Waals surface area contributed by atoms with Crippen molar-refractivity contribution >= 4 is 5.91 Å². The second kappa shape index (κ2) is 5.60. The highest BCUT2D eigenvalue weighted by molar-refractivity contribution is 5.82. The van der Waals surface area contributed by atoms with Crippen LogP contribution < -0.4 is 11.1 Å². The molecule has 0 aromatic carbocycles. The van der Waals surface area contributed by atoms with Crippen LogP contribution in [-0.2, 0) is 4.79 Å². The molecule has 0 radical (unpaired) electrons. The summed E-state index contributed by atoms with van der Waals surface area (Å²) >= 11 is 0. The van der Waals surface area contributed by atoms with Gasteiger partial charge in [-0.05, 0) is 12.3 Å². The van der Waals surface area contributed by atoms with E-state index in [4.69, 9.17) is 12.2 Å². The lowest BCUT2D eigenvalue weighted by atomic mass is 10.0. The summed E-state index contributed by atoms with van der Waals surface area (Å²) in [7, 11) is 0. The standard InChI is InChI=1S/C10H18N2O/c1-5-8(6-2)12-10(13)9(11)7(3)4/h1,7-9H,6,11H2,2-4H3,(H,12,13)/t8?,9-/m0/s1. The maximum absolute atomic E-state index is 11.4. The molecule has 0 aliphatic rings. The van der Waals surface area contributed by atoms with Gasteiger partial charge in [0.1, 0.15) is 0 Å². The molecule has 0 heterocycles. The summed E-state index contributed by atoms with van der Waals surface area (Å²) in [6.07, 6.45) is 5.93. The quantitative estimate of drug-likeness (QED) is 0.622. The zero-order valence-corrected chi connectivity index (χ0v) is 8.50. The first-order valence-electron chi connectivity index (χ1n) is 4.55. The fourth-order valence-corrected chi connectivity index (χ4v) is 0.832. The Balaban J connectivity index is 4.08. The summed E-state index contributed by atoms with van der Waals surface area (Å²) < 4.78 is 0. The number of hydrogen-bond acceptors (Lipinski definition) is 2. The Morgan fingerprint density at radius 2 is 2.15 bits per heavy atom. The molecule has 3 heteroatoms. The third kappa shape index (κ3) is 3.95. The van der Waals surface area contributed by atoms with E-state index in [0.29, 0.717) is 0 Å². The van der Waals surface area contributed by atoms with Crippen LogP contribution in [0.4, 0.5) is 0 Å². The van der Waals surface area contributed by atoms with Gasteiger partial charge in [-0.15, -0.1) is 6.42 Å². The van der Waals surface area contributed by atoms with Gasteiger partial charge >= 0.3 is 0 Å². The molecule has 3 nitrogen and oxygen atoms in total. The van der Waals surface area contributed by atoms with Gasteiger partial charge in [0.05, 0.1) is 12.1 Å². The Kier molecular flexibility index (Phi) is 5.17. The Labute approximate surface area is 80.1 Å². The molecule has 2 atom stereocenters. The predicted octanol–water partition coefficient (Wildman–Crippen LogP) is 0.498. The number of nitrogens with two attached hydrogens (primary N) is 1. The maximum atomic E-state index is 11.4. The van der Waals surface area contributed by atoms with E-state index >= 15 is 0 Å². The molecule has 0 rings (SSSR count). The van der Waals surface area contributed by atoms with Crippen molar-refractivity contribution in [2.45, 2.75) is 39.3 Å². The van der Waals surface area contributed by atoms with E-state index in [9.17, 15) is 4.79 Å². The van der Waals surface area contributed by atoms with Gasteiger partial charge in [-0.1, -0.05) is 26.7 Å². The van der Waals surface area contributed by atoms with Crippen molar-refractivity contribution < 1.29 is 4.79 Å².